The fourth-order valence-electron chi connectivity index (χ4n) is 3.20. The fourth-order valence-corrected chi connectivity index (χ4v) is 3.20. The topological polar surface area (TPSA) is 107 Å². The molecule has 1 aliphatic heterocycles. The van der Waals surface area contributed by atoms with Crippen molar-refractivity contribution in [2.75, 3.05) is 13.1 Å². The lowest BCUT2D eigenvalue weighted by Gasteiger charge is -2.35. The quantitative estimate of drug-likeness (QED) is 0.724. The van der Waals surface area contributed by atoms with Gasteiger partial charge in [0.15, 0.2) is 0 Å². The van der Waals surface area contributed by atoms with Crippen LogP contribution in [0.25, 0.3) is 0 Å². The third kappa shape index (κ3) is 3.86. The number of amides is 2. The molecule has 1 aliphatic carbocycles. The summed E-state index contributed by atoms with van der Waals surface area (Å²) < 4.78 is 0. The van der Waals surface area contributed by atoms with Crippen LogP contribution in [-0.4, -0.2) is 52.2 Å². The van der Waals surface area contributed by atoms with E-state index < -0.39 is 23.8 Å². The van der Waals surface area contributed by atoms with E-state index in [1.54, 1.807) is 0 Å². The van der Waals surface area contributed by atoms with Gasteiger partial charge in [-0.15, -0.1) is 0 Å². The van der Waals surface area contributed by atoms with Gasteiger partial charge >= 0.3 is 18.0 Å². The number of likely N-dealkylation sites (tertiary alicyclic amines) is 1. The highest BCUT2D eigenvalue weighted by molar-refractivity contribution is 5.82. The SMILES string of the molecule is O=C(O)C1CCN(C(=O)NC2CCCCC2)CC1C(=O)O. The van der Waals surface area contributed by atoms with E-state index in [4.69, 9.17) is 10.2 Å². The molecular weight excluding hydrogens is 276 g/mol. The van der Waals surface area contributed by atoms with Crippen molar-refractivity contribution in [3.63, 3.8) is 0 Å². The van der Waals surface area contributed by atoms with E-state index in [0.717, 1.165) is 25.7 Å². The monoisotopic (exact) mass is 298 g/mol. The number of hydrogen-bond donors (Lipinski definition) is 3. The van der Waals surface area contributed by atoms with Crippen molar-refractivity contribution in [3.05, 3.63) is 0 Å². The minimum absolute atomic E-state index is 0.0369. The third-order valence-electron chi connectivity index (χ3n) is 4.47. The lowest BCUT2D eigenvalue weighted by molar-refractivity contribution is -0.156. The maximum absolute atomic E-state index is 12.2. The number of rotatable bonds is 3. The molecule has 0 aromatic rings. The van der Waals surface area contributed by atoms with E-state index in [9.17, 15) is 14.4 Å². The number of carbonyl (C=O) groups excluding carboxylic acids is 1. The van der Waals surface area contributed by atoms with Crippen LogP contribution in [0.4, 0.5) is 4.79 Å². The van der Waals surface area contributed by atoms with E-state index in [0.29, 0.717) is 6.54 Å². The zero-order valence-electron chi connectivity index (χ0n) is 12.0. The fraction of sp³-hybridized carbons (Fsp3) is 0.786. The van der Waals surface area contributed by atoms with Crippen LogP contribution in [0, 0.1) is 11.8 Å². The summed E-state index contributed by atoms with van der Waals surface area (Å²) in [4.78, 5) is 35.9. The van der Waals surface area contributed by atoms with E-state index in [1.807, 2.05) is 0 Å². The van der Waals surface area contributed by atoms with E-state index in [2.05, 4.69) is 5.32 Å². The molecule has 7 heteroatoms. The molecule has 118 valence electrons. The van der Waals surface area contributed by atoms with Gasteiger partial charge in [0, 0.05) is 19.1 Å². The molecule has 2 fully saturated rings. The van der Waals surface area contributed by atoms with Crippen LogP contribution in [0.1, 0.15) is 38.5 Å². The summed E-state index contributed by atoms with van der Waals surface area (Å²) in [6, 6.07) is -0.108. The van der Waals surface area contributed by atoms with Crippen molar-refractivity contribution < 1.29 is 24.6 Å². The number of carboxylic acid groups (broad SMARTS) is 2. The second-order valence-corrected chi connectivity index (χ2v) is 5.91. The number of hydrogen-bond acceptors (Lipinski definition) is 3. The highest BCUT2D eigenvalue weighted by Crippen LogP contribution is 2.25. The Morgan fingerprint density at radius 3 is 2.10 bits per heavy atom. The average Bonchev–Trinajstić information content (AvgIpc) is 2.47. The van der Waals surface area contributed by atoms with Crippen molar-refractivity contribution in [1.29, 1.82) is 0 Å². The zero-order valence-corrected chi connectivity index (χ0v) is 12.0. The number of urea groups is 1. The van der Waals surface area contributed by atoms with E-state index in [1.165, 1.54) is 11.3 Å². The lowest BCUT2D eigenvalue weighted by Crippen LogP contribution is -2.53. The normalized spacial score (nSPS) is 27.1. The lowest BCUT2D eigenvalue weighted by atomic mass is 9.85. The summed E-state index contributed by atoms with van der Waals surface area (Å²) in [5.74, 6) is -4.21. The molecule has 3 N–H and O–H groups in total. The predicted molar refractivity (Wildman–Crippen MR) is 73.8 cm³/mol. The van der Waals surface area contributed by atoms with Crippen LogP contribution in [0.5, 0.6) is 0 Å². The number of carboxylic acids is 2. The Balaban J connectivity index is 1.93. The molecule has 1 saturated heterocycles. The Morgan fingerprint density at radius 1 is 0.905 bits per heavy atom. The Bertz CT molecular complexity index is 420. The van der Waals surface area contributed by atoms with Gasteiger partial charge in [0.1, 0.15) is 0 Å². The van der Waals surface area contributed by atoms with Crippen LogP contribution < -0.4 is 5.32 Å². The van der Waals surface area contributed by atoms with Crippen molar-refractivity contribution in [3.8, 4) is 0 Å². The molecular formula is C14H22N2O5. The molecule has 21 heavy (non-hydrogen) atoms. The number of nitrogens with zero attached hydrogens (tertiary/aromatic N) is 1. The van der Waals surface area contributed by atoms with Crippen LogP contribution in [0.3, 0.4) is 0 Å². The molecule has 0 spiro atoms. The Labute approximate surface area is 123 Å². The smallest absolute Gasteiger partial charge is 0.317 e. The predicted octanol–water partition coefficient (Wildman–Crippen LogP) is 1.14. The molecule has 1 heterocycles. The highest BCUT2D eigenvalue weighted by Gasteiger charge is 2.40. The summed E-state index contributed by atoms with van der Waals surface area (Å²) in [5.41, 5.74) is 0. The number of piperidine rings is 1. The first-order valence-corrected chi connectivity index (χ1v) is 7.50. The maximum Gasteiger partial charge on any atom is 0.317 e. The molecule has 7 nitrogen and oxygen atoms in total. The number of nitrogens with one attached hydrogen (secondary N) is 1. The van der Waals surface area contributed by atoms with Gasteiger partial charge in [0.25, 0.3) is 0 Å². The molecule has 2 unspecified atom stereocenters. The van der Waals surface area contributed by atoms with Crippen molar-refractivity contribution >= 4 is 18.0 Å². The summed E-state index contributed by atoms with van der Waals surface area (Å²) in [6.07, 6.45) is 5.49. The van der Waals surface area contributed by atoms with Crippen LogP contribution >= 0.6 is 0 Å². The number of aliphatic carboxylic acids is 2. The van der Waals surface area contributed by atoms with Gasteiger partial charge in [-0.1, -0.05) is 19.3 Å². The molecule has 2 aliphatic rings. The average molecular weight is 298 g/mol. The Hall–Kier alpha value is -1.79. The van der Waals surface area contributed by atoms with Crippen LogP contribution in [0.15, 0.2) is 0 Å². The Morgan fingerprint density at radius 2 is 1.52 bits per heavy atom. The molecule has 0 aromatic carbocycles. The minimum Gasteiger partial charge on any atom is -0.481 e. The molecule has 2 rings (SSSR count). The molecule has 2 atom stereocenters. The largest absolute Gasteiger partial charge is 0.481 e. The highest BCUT2D eigenvalue weighted by atomic mass is 16.4. The second-order valence-electron chi connectivity index (χ2n) is 5.91. The third-order valence-corrected chi connectivity index (χ3v) is 4.47. The van der Waals surface area contributed by atoms with Gasteiger partial charge in [-0.05, 0) is 19.3 Å². The van der Waals surface area contributed by atoms with Gasteiger partial charge in [-0.25, -0.2) is 4.79 Å². The van der Waals surface area contributed by atoms with Crippen molar-refractivity contribution in [1.82, 2.24) is 10.2 Å². The summed E-state index contributed by atoms with van der Waals surface area (Å²) in [7, 11) is 0. The first kappa shape index (κ1) is 15.6. The maximum atomic E-state index is 12.2. The summed E-state index contributed by atoms with van der Waals surface area (Å²) in [5, 5.41) is 21.2. The molecule has 0 radical (unpaired) electrons. The summed E-state index contributed by atoms with van der Waals surface area (Å²) >= 11 is 0. The summed E-state index contributed by atoms with van der Waals surface area (Å²) in [6.45, 7) is 0.254. The first-order valence-electron chi connectivity index (χ1n) is 7.50. The molecule has 0 bridgehead atoms. The minimum atomic E-state index is -1.16. The van der Waals surface area contributed by atoms with Gasteiger partial charge in [-0.3, -0.25) is 9.59 Å². The molecule has 0 aromatic heterocycles. The second kappa shape index (κ2) is 6.78. The van der Waals surface area contributed by atoms with Crippen molar-refractivity contribution in [2.45, 2.75) is 44.6 Å². The molecule has 2 amide bonds. The van der Waals surface area contributed by atoms with Crippen molar-refractivity contribution in [2.24, 2.45) is 11.8 Å². The molecule has 1 saturated carbocycles. The zero-order chi connectivity index (χ0) is 15.4. The standard InChI is InChI=1S/C14H22N2O5/c17-12(18)10-6-7-16(8-11(10)13(19)20)14(21)15-9-4-2-1-3-5-9/h9-11H,1-8H2,(H,15,21)(H,17,18)(H,19,20). The van der Waals surface area contributed by atoms with E-state index in [-0.39, 0.29) is 25.0 Å². The van der Waals surface area contributed by atoms with Gasteiger partial charge in [0.05, 0.1) is 11.8 Å². The first-order chi connectivity index (χ1) is 9.99. The van der Waals surface area contributed by atoms with Gasteiger partial charge in [0.2, 0.25) is 0 Å². The van der Waals surface area contributed by atoms with Crippen LogP contribution in [0.2, 0.25) is 0 Å². The number of carbonyl (C=O) groups is 3. The van der Waals surface area contributed by atoms with Crippen LogP contribution in [-0.2, 0) is 9.59 Å². The Kier molecular flexibility index (Phi) is 5.03. The van der Waals surface area contributed by atoms with Gasteiger partial charge < -0.3 is 20.4 Å². The van der Waals surface area contributed by atoms with E-state index >= 15 is 0 Å². The van der Waals surface area contributed by atoms with Gasteiger partial charge in [-0.2, -0.15) is 0 Å².